The number of oxime groups is 1. The van der Waals surface area contributed by atoms with Crippen molar-refractivity contribution in [2.45, 2.75) is 0 Å². The second-order valence-corrected chi connectivity index (χ2v) is 5.91. The Morgan fingerprint density at radius 2 is 1.71 bits per heavy atom. The maximum Gasteiger partial charge on any atom is 0.255 e. The lowest BCUT2D eigenvalue weighted by molar-refractivity contribution is 0.102. The largest absolute Gasteiger partial charge is 0.409 e. The Morgan fingerprint density at radius 1 is 1.10 bits per heavy atom. The van der Waals surface area contributed by atoms with Gasteiger partial charge < -0.3 is 16.3 Å². The number of nitrogens with zero attached hydrogens (tertiary/aromatic N) is 1. The van der Waals surface area contributed by atoms with E-state index < -0.39 is 0 Å². The summed E-state index contributed by atoms with van der Waals surface area (Å²) in [5, 5.41) is 14.3. The van der Waals surface area contributed by atoms with Gasteiger partial charge in [0, 0.05) is 20.1 Å². The number of amidine groups is 1. The maximum absolute atomic E-state index is 12.2. The van der Waals surface area contributed by atoms with Gasteiger partial charge in [0.2, 0.25) is 0 Å². The summed E-state index contributed by atoms with van der Waals surface area (Å²) in [6.45, 7) is 0. The van der Waals surface area contributed by atoms with E-state index in [1.807, 2.05) is 12.1 Å². The van der Waals surface area contributed by atoms with Crippen molar-refractivity contribution in [2.24, 2.45) is 10.9 Å². The van der Waals surface area contributed by atoms with E-state index in [0.29, 0.717) is 16.8 Å². The number of benzene rings is 2. The van der Waals surface area contributed by atoms with E-state index in [0.717, 1.165) is 8.95 Å². The number of amides is 1. The molecule has 7 heteroatoms. The first-order chi connectivity index (χ1) is 10.0. The average Bonchev–Trinajstić information content (AvgIpc) is 2.50. The Kier molecular flexibility index (Phi) is 4.98. The van der Waals surface area contributed by atoms with Crippen LogP contribution in [0.1, 0.15) is 15.9 Å². The van der Waals surface area contributed by atoms with Gasteiger partial charge in [-0.25, -0.2) is 0 Å². The summed E-state index contributed by atoms with van der Waals surface area (Å²) in [7, 11) is 0. The molecule has 0 spiro atoms. The van der Waals surface area contributed by atoms with E-state index >= 15 is 0 Å². The van der Waals surface area contributed by atoms with Gasteiger partial charge in [0.15, 0.2) is 5.84 Å². The fraction of sp³-hybridized carbons (Fsp3) is 0. The van der Waals surface area contributed by atoms with Crippen LogP contribution in [0.3, 0.4) is 0 Å². The van der Waals surface area contributed by atoms with Crippen LogP contribution in [-0.2, 0) is 0 Å². The van der Waals surface area contributed by atoms with E-state index in [1.165, 1.54) is 0 Å². The summed E-state index contributed by atoms with van der Waals surface area (Å²) in [6, 6.07) is 11.9. The second kappa shape index (κ2) is 6.73. The van der Waals surface area contributed by atoms with Crippen molar-refractivity contribution in [3.05, 3.63) is 62.5 Å². The van der Waals surface area contributed by atoms with Gasteiger partial charge in [0.25, 0.3) is 5.91 Å². The SMILES string of the molecule is NC(=NO)c1ccc(C(=O)Nc2cc(Br)ccc2Br)cc1. The van der Waals surface area contributed by atoms with E-state index in [4.69, 9.17) is 10.9 Å². The summed E-state index contributed by atoms with van der Waals surface area (Å²) in [4.78, 5) is 12.2. The summed E-state index contributed by atoms with van der Waals surface area (Å²) in [5.74, 6) is -0.253. The second-order valence-electron chi connectivity index (χ2n) is 4.14. The van der Waals surface area contributed by atoms with Crippen LogP contribution >= 0.6 is 31.9 Å². The lowest BCUT2D eigenvalue weighted by Crippen LogP contribution is -2.15. The normalized spacial score (nSPS) is 11.2. The molecule has 0 saturated carbocycles. The minimum atomic E-state index is -0.250. The van der Waals surface area contributed by atoms with Crippen LogP contribution in [0.5, 0.6) is 0 Å². The van der Waals surface area contributed by atoms with Gasteiger partial charge in [-0.3, -0.25) is 4.79 Å². The van der Waals surface area contributed by atoms with Gasteiger partial charge in [-0.2, -0.15) is 0 Å². The maximum atomic E-state index is 12.2. The third kappa shape index (κ3) is 3.83. The first-order valence-corrected chi connectivity index (χ1v) is 7.44. The predicted octanol–water partition coefficient (Wildman–Crippen LogP) is 3.56. The van der Waals surface area contributed by atoms with Crippen LogP contribution in [0.4, 0.5) is 5.69 Å². The molecule has 0 bridgehead atoms. The van der Waals surface area contributed by atoms with Crippen molar-refractivity contribution in [2.75, 3.05) is 5.32 Å². The summed E-state index contributed by atoms with van der Waals surface area (Å²) in [6.07, 6.45) is 0. The van der Waals surface area contributed by atoms with Crippen LogP contribution in [-0.4, -0.2) is 17.0 Å². The molecule has 1 amide bonds. The topological polar surface area (TPSA) is 87.7 Å². The Morgan fingerprint density at radius 3 is 2.33 bits per heavy atom. The van der Waals surface area contributed by atoms with E-state index in [-0.39, 0.29) is 11.7 Å². The zero-order valence-electron chi connectivity index (χ0n) is 10.7. The molecule has 2 aromatic carbocycles. The summed E-state index contributed by atoms with van der Waals surface area (Å²) >= 11 is 6.73. The Labute approximate surface area is 138 Å². The zero-order valence-corrected chi connectivity index (χ0v) is 13.8. The highest BCUT2D eigenvalue weighted by atomic mass is 79.9. The van der Waals surface area contributed by atoms with Crippen LogP contribution in [0.2, 0.25) is 0 Å². The molecule has 0 aliphatic rings. The molecular formula is C14H11Br2N3O2. The quantitative estimate of drug-likeness (QED) is 0.311. The van der Waals surface area contributed by atoms with Gasteiger partial charge in [-0.15, -0.1) is 0 Å². The van der Waals surface area contributed by atoms with Crippen LogP contribution in [0.15, 0.2) is 56.6 Å². The number of hydrogen-bond donors (Lipinski definition) is 3. The number of halogens is 2. The number of nitrogens with one attached hydrogen (secondary N) is 1. The number of hydrogen-bond acceptors (Lipinski definition) is 3. The molecule has 0 aliphatic heterocycles. The molecule has 0 aromatic heterocycles. The standard InChI is InChI=1S/C14H11Br2N3O2/c15-10-5-6-11(16)12(7-10)18-14(20)9-3-1-8(2-4-9)13(17)19-21/h1-7,21H,(H2,17,19)(H,18,20). The van der Waals surface area contributed by atoms with Crippen LogP contribution in [0, 0.1) is 0 Å². The van der Waals surface area contributed by atoms with Crippen molar-refractivity contribution < 1.29 is 10.0 Å². The van der Waals surface area contributed by atoms with Gasteiger partial charge in [0.05, 0.1) is 5.69 Å². The molecule has 0 unspecified atom stereocenters. The molecular weight excluding hydrogens is 402 g/mol. The first kappa shape index (κ1) is 15.5. The van der Waals surface area contributed by atoms with Crippen molar-refractivity contribution >= 4 is 49.3 Å². The van der Waals surface area contributed by atoms with Crippen molar-refractivity contribution in [3.63, 3.8) is 0 Å². The van der Waals surface area contributed by atoms with Gasteiger partial charge in [-0.05, 0) is 46.3 Å². The summed E-state index contributed by atoms with van der Waals surface area (Å²) < 4.78 is 1.65. The number of anilines is 1. The molecule has 4 N–H and O–H groups in total. The van der Waals surface area contributed by atoms with Crippen LogP contribution in [0.25, 0.3) is 0 Å². The third-order valence-electron chi connectivity index (χ3n) is 2.73. The molecule has 21 heavy (non-hydrogen) atoms. The molecule has 0 radical (unpaired) electrons. The zero-order chi connectivity index (χ0) is 15.4. The monoisotopic (exact) mass is 411 g/mol. The highest BCUT2D eigenvalue weighted by molar-refractivity contribution is 9.11. The Hall–Kier alpha value is -1.86. The predicted molar refractivity (Wildman–Crippen MR) is 88.7 cm³/mol. The molecule has 5 nitrogen and oxygen atoms in total. The molecule has 2 aromatic rings. The van der Waals surface area contributed by atoms with Crippen LogP contribution < -0.4 is 11.1 Å². The Balaban J connectivity index is 2.19. The average molecular weight is 413 g/mol. The highest BCUT2D eigenvalue weighted by Gasteiger charge is 2.09. The number of nitrogens with two attached hydrogens (primary N) is 1. The van der Waals surface area contributed by atoms with Gasteiger partial charge in [-0.1, -0.05) is 33.2 Å². The molecule has 0 aliphatic carbocycles. The fourth-order valence-electron chi connectivity index (χ4n) is 1.64. The molecule has 0 saturated heterocycles. The first-order valence-electron chi connectivity index (χ1n) is 5.85. The molecule has 2 rings (SSSR count). The lowest BCUT2D eigenvalue weighted by atomic mass is 10.1. The van der Waals surface area contributed by atoms with Crippen molar-refractivity contribution in [1.29, 1.82) is 0 Å². The highest BCUT2D eigenvalue weighted by Crippen LogP contribution is 2.26. The minimum Gasteiger partial charge on any atom is -0.409 e. The van der Waals surface area contributed by atoms with Crippen molar-refractivity contribution in [1.82, 2.24) is 0 Å². The number of carbonyl (C=O) groups is 1. The smallest absolute Gasteiger partial charge is 0.255 e. The fourth-order valence-corrected chi connectivity index (χ4v) is 2.34. The Bertz CT molecular complexity index is 700. The molecule has 0 heterocycles. The van der Waals surface area contributed by atoms with Gasteiger partial charge in [0.1, 0.15) is 0 Å². The van der Waals surface area contributed by atoms with E-state index in [1.54, 1.807) is 30.3 Å². The molecule has 0 atom stereocenters. The van der Waals surface area contributed by atoms with E-state index in [2.05, 4.69) is 42.3 Å². The van der Waals surface area contributed by atoms with Gasteiger partial charge >= 0.3 is 0 Å². The lowest BCUT2D eigenvalue weighted by Gasteiger charge is -2.08. The van der Waals surface area contributed by atoms with Crippen molar-refractivity contribution in [3.8, 4) is 0 Å². The molecule has 108 valence electrons. The number of rotatable bonds is 3. The third-order valence-corrected chi connectivity index (χ3v) is 3.91. The van der Waals surface area contributed by atoms with E-state index in [9.17, 15) is 4.79 Å². The molecule has 0 fully saturated rings. The minimum absolute atomic E-state index is 0.00306. The summed E-state index contributed by atoms with van der Waals surface area (Å²) in [5.41, 5.74) is 7.14. The number of carbonyl (C=O) groups excluding carboxylic acids is 1.